The van der Waals surface area contributed by atoms with Gasteiger partial charge in [0.1, 0.15) is 12.7 Å². The number of hydrogen-bond donors (Lipinski definition) is 1. The fourth-order valence-electron chi connectivity index (χ4n) is 3.59. The number of piperidine rings is 1. The Balaban J connectivity index is 1.56. The van der Waals surface area contributed by atoms with Crippen molar-refractivity contribution in [1.82, 2.24) is 14.5 Å². The SMILES string of the molecule is Cc1nc([N+](=O)[O-])cn1CC(=O)N1CCC(Cc2ccccc2C(=O)O)CC1. The van der Waals surface area contributed by atoms with Gasteiger partial charge in [0.2, 0.25) is 11.7 Å². The lowest BCUT2D eigenvalue weighted by atomic mass is 9.88. The van der Waals surface area contributed by atoms with E-state index in [1.54, 1.807) is 24.0 Å². The maximum absolute atomic E-state index is 12.5. The Hall–Kier alpha value is -3.23. The Morgan fingerprint density at radius 1 is 1.29 bits per heavy atom. The molecular formula is C19H22N4O5. The molecule has 0 unspecified atom stereocenters. The van der Waals surface area contributed by atoms with Crippen LogP contribution in [0.2, 0.25) is 0 Å². The molecule has 1 N–H and O–H groups in total. The standard InChI is InChI=1S/C19H22N4O5/c1-13-20-17(23(27)28)11-22(13)12-18(24)21-8-6-14(7-9-21)10-15-4-2-3-5-16(15)19(25)26/h2-5,11,14H,6-10,12H2,1H3,(H,25,26). The maximum Gasteiger partial charge on any atom is 0.381 e. The molecule has 28 heavy (non-hydrogen) atoms. The summed E-state index contributed by atoms with van der Waals surface area (Å²) < 4.78 is 1.50. The molecule has 0 spiro atoms. The summed E-state index contributed by atoms with van der Waals surface area (Å²) in [6.07, 6.45) is 3.55. The number of aromatic carboxylic acids is 1. The molecule has 0 aliphatic carbocycles. The number of carbonyl (C=O) groups is 2. The lowest BCUT2D eigenvalue weighted by Gasteiger charge is -2.32. The number of nitrogens with zero attached hydrogens (tertiary/aromatic N) is 4. The first kappa shape index (κ1) is 19.5. The molecule has 3 rings (SSSR count). The number of amides is 1. The van der Waals surface area contributed by atoms with Crippen LogP contribution in [0.4, 0.5) is 5.82 Å². The number of likely N-dealkylation sites (tertiary alicyclic amines) is 1. The predicted octanol–water partition coefficient (Wildman–Crippen LogP) is 2.28. The average molecular weight is 386 g/mol. The molecule has 1 saturated heterocycles. The zero-order chi connectivity index (χ0) is 20.3. The van der Waals surface area contributed by atoms with Crippen molar-refractivity contribution in [3.63, 3.8) is 0 Å². The number of aryl methyl sites for hydroxylation is 1. The second kappa shape index (κ2) is 8.20. The normalized spacial score (nSPS) is 14.8. The minimum absolute atomic E-state index is 0.0270. The fourth-order valence-corrected chi connectivity index (χ4v) is 3.59. The van der Waals surface area contributed by atoms with Crippen molar-refractivity contribution in [2.24, 2.45) is 5.92 Å². The van der Waals surface area contributed by atoms with Gasteiger partial charge in [-0.2, -0.15) is 0 Å². The average Bonchev–Trinajstić information content (AvgIpc) is 3.03. The van der Waals surface area contributed by atoms with Crippen molar-refractivity contribution in [3.05, 3.63) is 57.5 Å². The summed E-state index contributed by atoms with van der Waals surface area (Å²) in [5.74, 6) is -0.533. The van der Waals surface area contributed by atoms with E-state index in [1.807, 2.05) is 12.1 Å². The van der Waals surface area contributed by atoms with E-state index in [0.717, 1.165) is 18.4 Å². The highest BCUT2D eigenvalue weighted by Gasteiger charge is 2.25. The molecule has 9 heteroatoms. The third-order valence-corrected chi connectivity index (χ3v) is 5.18. The van der Waals surface area contributed by atoms with Crippen LogP contribution in [0, 0.1) is 23.0 Å². The molecule has 9 nitrogen and oxygen atoms in total. The number of hydrogen-bond acceptors (Lipinski definition) is 5. The number of carbonyl (C=O) groups excluding carboxylic acids is 1. The van der Waals surface area contributed by atoms with Crippen molar-refractivity contribution < 1.29 is 19.6 Å². The second-order valence-electron chi connectivity index (χ2n) is 7.02. The number of nitro groups is 1. The Kier molecular flexibility index (Phi) is 5.72. The smallest absolute Gasteiger partial charge is 0.381 e. The Bertz CT molecular complexity index is 899. The number of carboxylic acid groups (broad SMARTS) is 1. The van der Waals surface area contributed by atoms with Gasteiger partial charge in [-0.05, 0) is 46.7 Å². The fraction of sp³-hybridized carbons (Fsp3) is 0.421. The predicted molar refractivity (Wildman–Crippen MR) is 100 cm³/mol. The quantitative estimate of drug-likeness (QED) is 0.601. The lowest BCUT2D eigenvalue weighted by Crippen LogP contribution is -2.40. The van der Waals surface area contributed by atoms with Crippen molar-refractivity contribution in [2.45, 2.75) is 32.7 Å². The highest BCUT2D eigenvalue weighted by molar-refractivity contribution is 5.89. The molecule has 1 aliphatic rings. The topological polar surface area (TPSA) is 119 Å². The summed E-state index contributed by atoms with van der Waals surface area (Å²) in [6, 6.07) is 7.02. The highest BCUT2D eigenvalue weighted by atomic mass is 16.6. The van der Waals surface area contributed by atoms with Gasteiger partial charge in [0, 0.05) is 20.0 Å². The van der Waals surface area contributed by atoms with Gasteiger partial charge in [-0.1, -0.05) is 18.2 Å². The van der Waals surface area contributed by atoms with Gasteiger partial charge in [-0.25, -0.2) is 4.79 Å². The van der Waals surface area contributed by atoms with Crippen LogP contribution in [0.1, 0.15) is 34.6 Å². The molecule has 0 atom stereocenters. The summed E-state index contributed by atoms with van der Waals surface area (Å²) in [7, 11) is 0. The zero-order valence-corrected chi connectivity index (χ0v) is 15.6. The van der Waals surface area contributed by atoms with Gasteiger partial charge in [-0.15, -0.1) is 0 Å². The summed E-state index contributed by atoms with van der Waals surface area (Å²) in [6.45, 7) is 2.84. The summed E-state index contributed by atoms with van der Waals surface area (Å²) >= 11 is 0. The van der Waals surface area contributed by atoms with E-state index in [0.29, 0.717) is 36.8 Å². The van der Waals surface area contributed by atoms with Gasteiger partial charge >= 0.3 is 11.8 Å². The molecule has 1 aliphatic heterocycles. The van der Waals surface area contributed by atoms with Crippen molar-refractivity contribution in [1.29, 1.82) is 0 Å². The van der Waals surface area contributed by atoms with Crippen LogP contribution < -0.4 is 0 Å². The summed E-state index contributed by atoms with van der Waals surface area (Å²) in [5.41, 5.74) is 1.15. The molecule has 1 fully saturated rings. The maximum atomic E-state index is 12.5. The minimum Gasteiger partial charge on any atom is -0.478 e. The highest BCUT2D eigenvalue weighted by Crippen LogP contribution is 2.24. The van der Waals surface area contributed by atoms with E-state index in [-0.39, 0.29) is 18.3 Å². The molecule has 0 bridgehead atoms. The van der Waals surface area contributed by atoms with E-state index in [2.05, 4.69) is 4.98 Å². The van der Waals surface area contributed by atoms with Crippen LogP contribution in [-0.2, 0) is 17.8 Å². The van der Waals surface area contributed by atoms with Crippen LogP contribution in [0.15, 0.2) is 30.5 Å². The Morgan fingerprint density at radius 3 is 2.57 bits per heavy atom. The Labute approximate surface area is 161 Å². The van der Waals surface area contributed by atoms with Gasteiger partial charge in [0.25, 0.3) is 0 Å². The molecule has 148 valence electrons. The largest absolute Gasteiger partial charge is 0.478 e. The van der Waals surface area contributed by atoms with Crippen molar-refractivity contribution in [2.75, 3.05) is 13.1 Å². The van der Waals surface area contributed by atoms with E-state index in [4.69, 9.17) is 0 Å². The van der Waals surface area contributed by atoms with Gasteiger partial charge in [0.15, 0.2) is 0 Å². The number of aromatic nitrogens is 2. The lowest BCUT2D eigenvalue weighted by molar-refractivity contribution is -0.389. The third-order valence-electron chi connectivity index (χ3n) is 5.18. The van der Waals surface area contributed by atoms with Crippen molar-refractivity contribution >= 4 is 17.7 Å². The van der Waals surface area contributed by atoms with E-state index in [9.17, 15) is 24.8 Å². The summed E-state index contributed by atoms with van der Waals surface area (Å²) in [4.78, 5) is 39.7. The van der Waals surface area contributed by atoms with E-state index < -0.39 is 10.9 Å². The molecule has 0 radical (unpaired) electrons. The van der Waals surface area contributed by atoms with Gasteiger partial charge in [0.05, 0.1) is 5.56 Å². The van der Waals surface area contributed by atoms with E-state index in [1.165, 1.54) is 10.8 Å². The van der Waals surface area contributed by atoms with Crippen LogP contribution in [0.3, 0.4) is 0 Å². The van der Waals surface area contributed by atoms with Crippen molar-refractivity contribution in [3.8, 4) is 0 Å². The second-order valence-corrected chi connectivity index (χ2v) is 7.02. The molecule has 2 aromatic rings. The molecule has 1 amide bonds. The number of imidazole rings is 1. The number of benzene rings is 1. The molecular weight excluding hydrogens is 364 g/mol. The van der Waals surface area contributed by atoms with E-state index >= 15 is 0 Å². The summed E-state index contributed by atoms with van der Waals surface area (Å²) in [5, 5.41) is 20.1. The molecule has 1 aromatic heterocycles. The van der Waals surface area contributed by atoms with Gasteiger partial charge < -0.3 is 20.1 Å². The third kappa shape index (κ3) is 4.36. The molecule has 0 saturated carbocycles. The molecule has 1 aromatic carbocycles. The first-order valence-corrected chi connectivity index (χ1v) is 9.12. The Morgan fingerprint density at radius 2 is 1.96 bits per heavy atom. The van der Waals surface area contributed by atoms with Gasteiger partial charge in [-0.3, -0.25) is 9.36 Å². The monoisotopic (exact) mass is 386 g/mol. The first-order valence-electron chi connectivity index (χ1n) is 9.12. The minimum atomic E-state index is -0.923. The first-order chi connectivity index (χ1) is 13.3. The molecule has 2 heterocycles. The van der Waals surface area contributed by atoms with Crippen LogP contribution in [0.5, 0.6) is 0 Å². The number of rotatable bonds is 6. The van der Waals surface area contributed by atoms with Crippen LogP contribution in [0.25, 0.3) is 0 Å². The number of carboxylic acids is 1. The van der Waals surface area contributed by atoms with Crippen LogP contribution in [-0.4, -0.2) is 49.4 Å². The van der Waals surface area contributed by atoms with Crippen LogP contribution >= 0.6 is 0 Å². The zero-order valence-electron chi connectivity index (χ0n) is 15.6.